The molecule has 0 saturated heterocycles. The number of ether oxygens (including phenoxy) is 1. The molecular formula is C22H17N3O3. The first-order valence-corrected chi connectivity index (χ1v) is 8.72. The van der Waals surface area contributed by atoms with Crippen molar-refractivity contribution in [1.82, 2.24) is 9.88 Å². The Kier molecular flexibility index (Phi) is 4.84. The summed E-state index contributed by atoms with van der Waals surface area (Å²) in [6.07, 6.45) is 8.83. The molecule has 1 aliphatic rings. The van der Waals surface area contributed by atoms with E-state index >= 15 is 0 Å². The molecule has 0 unspecified atom stereocenters. The first-order valence-electron chi connectivity index (χ1n) is 8.72. The fraction of sp³-hybridized carbons (Fsp3) is 0.0455. The second-order valence-corrected chi connectivity index (χ2v) is 6.08. The zero-order valence-corrected chi connectivity index (χ0v) is 14.9. The van der Waals surface area contributed by atoms with Gasteiger partial charge in [0.05, 0.1) is 16.6 Å². The Morgan fingerprint density at radius 2 is 2.00 bits per heavy atom. The van der Waals surface area contributed by atoms with Crippen LogP contribution in [0, 0.1) is 0 Å². The van der Waals surface area contributed by atoms with E-state index in [0.29, 0.717) is 22.9 Å². The zero-order chi connectivity index (χ0) is 19.3. The minimum absolute atomic E-state index is 0.361. The summed E-state index contributed by atoms with van der Waals surface area (Å²) in [6, 6.07) is 14.9. The number of para-hydroxylation sites is 1. The van der Waals surface area contributed by atoms with E-state index < -0.39 is 6.09 Å². The third kappa shape index (κ3) is 3.76. The van der Waals surface area contributed by atoms with Gasteiger partial charge in [-0.15, -0.1) is 0 Å². The third-order valence-corrected chi connectivity index (χ3v) is 4.21. The van der Waals surface area contributed by atoms with Gasteiger partial charge in [0.15, 0.2) is 0 Å². The first kappa shape index (κ1) is 17.5. The molecule has 4 rings (SSSR count). The topological polar surface area (TPSA) is 75.0 Å². The molecule has 6 nitrogen and oxygen atoms in total. The highest BCUT2D eigenvalue weighted by atomic mass is 16.5. The molecule has 0 saturated carbocycles. The van der Waals surface area contributed by atoms with Crippen molar-refractivity contribution in [1.29, 1.82) is 0 Å². The van der Waals surface area contributed by atoms with Crippen molar-refractivity contribution in [2.45, 2.75) is 0 Å². The lowest BCUT2D eigenvalue weighted by atomic mass is 10.2. The predicted molar refractivity (Wildman–Crippen MR) is 107 cm³/mol. The van der Waals surface area contributed by atoms with Gasteiger partial charge >= 0.3 is 6.09 Å². The summed E-state index contributed by atoms with van der Waals surface area (Å²) >= 11 is 0. The van der Waals surface area contributed by atoms with Gasteiger partial charge in [-0.2, -0.15) is 0 Å². The van der Waals surface area contributed by atoms with Gasteiger partial charge in [-0.25, -0.2) is 9.79 Å². The molecular weight excluding hydrogens is 354 g/mol. The maximum Gasteiger partial charge on any atom is 0.415 e. The van der Waals surface area contributed by atoms with Crippen LogP contribution in [0.4, 0.5) is 10.5 Å². The van der Waals surface area contributed by atoms with Gasteiger partial charge in [-0.05, 0) is 42.5 Å². The van der Waals surface area contributed by atoms with Crippen molar-refractivity contribution in [2.75, 3.05) is 6.61 Å². The fourth-order valence-electron chi connectivity index (χ4n) is 2.86. The van der Waals surface area contributed by atoms with Crippen molar-refractivity contribution in [2.24, 2.45) is 4.99 Å². The van der Waals surface area contributed by atoms with Gasteiger partial charge in [0.2, 0.25) is 0 Å². The Morgan fingerprint density at radius 3 is 2.89 bits per heavy atom. The molecule has 0 atom stereocenters. The Balaban J connectivity index is 2.00. The van der Waals surface area contributed by atoms with E-state index in [1.807, 2.05) is 54.6 Å². The average molecular weight is 371 g/mol. The zero-order valence-electron chi connectivity index (χ0n) is 14.9. The maximum absolute atomic E-state index is 11.6. The number of rotatable bonds is 0. The second-order valence-electron chi connectivity index (χ2n) is 6.08. The van der Waals surface area contributed by atoms with Gasteiger partial charge in [0.1, 0.15) is 12.4 Å². The Bertz CT molecular complexity index is 1220. The molecule has 1 aromatic heterocycles. The summed E-state index contributed by atoms with van der Waals surface area (Å²) < 4.78 is 5.76. The standard InChI is InChI=1S/C22H17N3O3/c26-22(27)25-12-4-1-5-13-28-17-8-9-20-18(14-17)21(10-11-23-20)24-19-7-3-2-6-16(19)15-25/h1-12,14-15H,13H2,(H,26,27). The Labute approximate surface area is 161 Å². The number of pyridine rings is 1. The fourth-order valence-corrected chi connectivity index (χ4v) is 2.86. The van der Waals surface area contributed by atoms with Crippen LogP contribution in [0.2, 0.25) is 0 Å². The number of benzene rings is 2. The summed E-state index contributed by atoms with van der Waals surface area (Å²) in [5.74, 6) is 0.715. The van der Waals surface area contributed by atoms with Crippen LogP contribution in [0.15, 0.2) is 84.1 Å². The molecule has 1 N–H and O–H groups in total. The number of amides is 1. The largest absolute Gasteiger partial charge is 0.490 e. The molecule has 2 bridgehead atoms. The van der Waals surface area contributed by atoms with Crippen LogP contribution in [0.5, 0.6) is 5.75 Å². The number of nitrogens with zero attached hydrogens (tertiary/aromatic N) is 3. The van der Waals surface area contributed by atoms with Crippen LogP contribution in [-0.4, -0.2) is 27.7 Å². The highest BCUT2D eigenvalue weighted by Crippen LogP contribution is 2.27. The number of fused-ring (bicyclic) bond motifs is 2. The molecule has 2 heterocycles. The van der Waals surface area contributed by atoms with E-state index in [4.69, 9.17) is 9.73 Å². The molecule has 138 valence electrons. The van der Waals surface area contributed by atoms with Crippen LogP contribution in [-0.2, 0) is 0 Å². The third-order valence-electron chi connectivity index (χ3n) is 4.21. The number of hydrogen-bond acceptors (Lipinski definition) is 4. The summed E-state index contributed by atoms with van der Waals surface area (Å²) in [4.78, 5) is 21.9. The second kappa shape index (κ2) is 7.75. The molecule has 0 aliphatic carbocycles. The molecule has 0 radical (unpaired) electrons. The number of carboxylic acid groups (broad SMARTS) is 1. The highest BCUT2D eigenvalue weighted by molar-refractivity contribution is 5.90. The average Bonchev–Trinajstić information content (AvgIpc) is 2.71. The monoisotopic (exact) mass is 371 g/mol. The predicted octanol–water partition coefficient (Wildman–Crippen LogP) is 3.37. The lowest BCUT2D eigenvalue weighted by molar-refractivity contribution is 0.179. The minimum atomic E-state index is -1.09. The van der Waals surface area contributed by atoms with Gasteiger partial charge in [-0.1, -0.05) is 24.3 Å². The molecule has 2 aromatic carbocycles. The van der Waals surface area contributed by atoms with Crippen LogP contribution < -0.4 is 15.3 Å². The number of aromatic nitrogens is 1. The minimum Gasteiger partial charge on any atom is -0.490 e. The number of allylic oxidation sites excluding steroid dienone is 2. The lowest BCUT2D eigenvalue weighted by Gasteiger charge is -2.07. The van der Waals surface area contributed by atoms with Crippen LogP contribution in [0.3, 0.4) is 0 Å². The Morgan fingerprint density at radius 1 is 1.11 bits per heavy atom. The molecule has 0 fully saturated rings. The molecule has 1 amide bonds. The molecule has 28 heavy (non-hydrogen) atoms. The van der Waals surface area contributed by atoms with E-state index in [2.05, 4.69) is 4.98 Å². The van der Waals surface area contributed by atoms with Crippen LogP contribution in [0.25, 0.3) is 17.1 Å². The van der Waals surface area contributed by atoms with Crippen molar-refractivity contribution >= 4 is 28.9 Å². The summed E-state index contributed by atoms with van der Waals surface area (Å²) in [5.41, 5.74) is 1.54. The quantitative estimate of drug-likeness (QED) is 0.657. The number of carbonyl (C=O) groups is 1. The molecule has 0 spiro atoms. The summed E-state index contributed by atoms with van der Waals surface area (Å²) in [6.45, 7) is 0.361. The van der Waals surface area contributed by atoms with E-state index in [1.165, 1.54) is 12.4 Å². The molecule has 1 aliphatic heterocycles. The van der Waals surface area contributed by atoms with Crippen molar-refractivity contribution < 1.29 is 14.6 Å². The van der Waals surface area contributed by atoms with Crippen LogP contribution in [0.1, 0.15) is 0 Å². The summed E-state index contributed by atoms with van der Waals surface area (Å²) in [5, 5.41) is 11.7. The molecule has 3 aromatic rings. The van der Waals surface area contributed by atoms with Crippen molar-refractivity contribution in [3.63, 3.8) is 0 Å². The van der Waals surface area contributed by atoms with Crippen LogP contribution >= 0.6 is 0 Å². The van der Waals surface area contributed by atoms with Gasteiger partial charge < -0.3 is 9.84 Å². The maximum atomic E-state index is 11.6. The first-order chi connectivity index (χ1) is 13.7. The molecule has 6 heteroatoms. The van der Waals surface area contributed by atoms with Crippen molar-refractivity contribution in [3.8, 4) is 5.75 Å². The van der Waals surface area contributed by atoms with Gasteiger partial charge in [0.25, 0.3) is 0 Å². The normalized spacial score (nSPS) is 13.6. The van der Waals surface area contributed by atoms with Gasteiger partial charge in [-0.3, -0.25) is 9.88 Å². The smallest absolute Gasteiger partial charge is 0.415 e. The highest BCUT2D eigenvalue weighted by Gasteiger charge is 2.06. The van der Waals surface area contributed by atoms with E-state index in [-0.39, 0.29) is 0 Å². The van der Waals surface area contributed by atoms with E-state index in [1.54, 1.807) is 18.3 Å². The Hall–Kier alpha value is -3.93. The van der Waals surface area contributed by atoms with Crippen molar-refractivity contribution in [3.05, 3.63) is 89.7 Å². The summed E-state index contributed by atoms with van der Waals surface area (Å²) in [7, 11) is 0. The van der Waals surface area contributed by atoms with Gasteiger partial charge in [0, 0.05) is 29.2 Å². The van der Waals surface area contributed by atoms with E-state index in [9.17, 15) is 9.90 Å². The van der Waals surface area contributed by atoms with E-state index in [0.717, 1.165) is 21.5 Å². The number of hydrogen-bond donors (Lipinski definition) is 1. The SMILES string of the molecule is O=C(O)N1C=CC=CCOc2ccc3nccc(c3c2)N=c2ccccc2=C1. The lowest BCUT2D eigenvalue weighted by Crippen LogP contribution is -2.29.